The lowest BCUT2D eigenvalue weighted by Gasteiger charge is -2.12. The van der Waals surface area contributed by atoms with Gasteiger partial charge in [-0.3, -0.25) is 4.79 Å². The molecule has 0 fully saturated rings. The maximum Gasteiger partial charge on any atom is 0.255 e. The third-order valence-corrected chi connectivity index (χ3v) is 3.27. The van der Waals surface area contributed by atoms with Crippen LogP contribution < -0.4 is 10.6 Å². The van der Waals surface area contributed by atoms with Crippen molar-refractivity contribution in [2.75, 3.05) is 12.4 Å². The molecule has 0 atom stereocenters. The van der Waals surface area contributed by atoms with Gasteiger partial charge in [0.25, 0.3) is 5.91 Å². The van der Waals surface area contributed by atoms with Gasteiger partial charge in [-0.25, -0.2) is 0 Å². The minimum Gasteiger partial charge on any atom is -0.322 e. The van der Waals surface area contributed by atoms with Crippen molar-refractivity contribution in [3.8, 4) is 0 Å². The highest BCUT2D eigenvalue weighted by Gasteiger charge is 2.11. The number of hydrogen-bond donors (Lipinski definition) is 2. The van der Waals surface area contributed by atoms with Gasteiger partial charge in [-0.2, -0.15) is 0 Å². The summed E-state index contributed by atoms with van der Waals surface area (Å²) < 4.78 is 0. The number of carbonyl (C=O) groups is 1. The van der Waals surface area contributed by atoms with Crippen molar-refractivity contribution < 1.29 is 4.79 Å². The Morgan fingerprint density at radius 2 is 1.85 bits per heavy atom. The highest BCUT2D eigenvalue weighted by atomic mass is 16.1. The Balaban J connectivity index is 2.26. The number of amides is 1. The molecule has 0 aliphatic rings. The van der Waals surface area contributed by atoms with Crippen LogP contribution in [0.4, 0.5) is 5.69 Å². The second kappa shape index (κ2) is 6.35. The van der Waals surface area contributed by atoms with Crippen molar-refractivity contribution in [1.82, 2.24) is 5.32 Å². The van der Waals surface area contributed by atoms with Crippen LogP contribution in [0, 0.1) is 13.8 Å². The summed E-state index contributed by atoms with van der Waals surface area (Å²) in [7, 11) is 1.89. The monoisotopic (exact) mass is 268 g/mol. The van der Waals surface area contributed by atoms with E-state index >= 15 is 0 Å². The summed E-state index contributed by atoms with van der Waals surface area (Å²) >= 11 is 0. The molecule has 2 aromatic carbocycles. The van der Waals surface area contributed by atoms with Crippen molar-refractivity contribution in [2.24, 2.45) is 0 Å². The largest absolute Gasteiger partial charge is 0.322 e. The van der Waals surface area contributed by atoms with Crippen molar-refractivity contribution in [3.63, 3.8) is 0 Å². The average Bonchev–Trinajstić information content (AvgIpc) is 2.44. The lowest BCUT2D eigenvalue weighted by molar-refractivity contribution is 0.102. The van der Waals surface area contributed by atoms with Gasteiger partial charge in [0.1, 0.15) is 0 Å². The molecule has 2 rings (SSSR count). The van der Waals surface area contributed by atoms with Crippen LogP contribution in [0.3, 0.4) is 0 Å². The molecule has 20 heavy (non-hydrogen) atoms. The zero-order valence-electron chi connectivity index (χ0n) is 12.2. The van der Waals surface area contributed by atoms with Crippen molar-refractivity contribution in [3.05, 3.63) is 64.7 Å². The summed E-state index contributed by atoms with van der Waals surface area (Å²) in [5.41, 5.74) is 4.73. The minimum atomic E-state index is -0.0604. The van der Waals surface area contributed by atoms with E-state index in [1.807, 2.05) is 63.4 Å². The summed E-state index contributed by atoms with van der Waals surface area (Å²) in [6.07, 6.45) is 0. The number of benzene rings is 2. The van der Waals surface area contributed by atoms with E-state index in [1.54, 1.807) is 0 Å². The second-order valence-electron chi connectivity index (χ2n) is 4.96. The third-order valence-electron chi connectivity index (χ3n) is 3.27. The first-order chi connectivity index (χ1) is 9.61. The van der Waals surface area contributed by atoms with E-state index in [0.717, 1.165) is 34.5 Å². The number of carbonyl (C=O) groups excluding carboxylic acids is 1. The standard InChI is InChI=1S/C17H20N2O/c1-12-8-9-13(2)15(10-12)17(20)19-16-7-5-4-6-14(16)11-18-3/h4-10,18H,11H2,1-3H3,(H,19,20). The Hall–Kier alpha value is -2.13. The molecule has 0 heterocycles. The molecule has 0 saturated carbocycles. The number of rotatable bonds is 4. The molecule has 0 aromatic heterocycles. The van der Waals surface area contributed by atoms with Crippen LogP contribution >= 0.6 is 0 Å². The Kier molecular flexibility index (Phi) is 4.53. The molecule has 0 unspecified atom stereocenters. The first-order valence-electron chi connectivity index (χ1n) is 6.73. The van der Waals surface area contributed by atoms with E-state index < -0.39 is 0 Å². The fraction of sp³-hybridized carbons (Fsp3) is 0.235. The second-order valence-corrected chi connectivity index (χ2v) is 4.96. The summed E-state index contributed by atoms with van der Waals surface area (Å²) in [6, 6.07) is 13.7. The van der Waals surface area contributed by atoms with E-state index in [9.17, 15) is 4.79 Å². The number of anilines is 1. The molecule has 104 valence electrons. The van der Waals surface area contributed by atoms with Gasteiger partial charge >= 0.3 is 0 Å². The normalized spacial score (nSPS) is 10.3. The lowest BCUT2D eigenvalue weighted by atomic mass is 10.0. The molecule has 2 N–H and O–H groups in total. The van der Waals surface area contributed by atoms with Crippen LogP contribution in [0.15, 0.2) is 42.5 Å². The van der Waals surface area contributed by atoms with Gasteiger partial charge in [0.05, 0.1) is 0 Å². The SMILES string of the molecule is CNCc1ccccc1NC(=O)c1cc(C)ccc1C. The quantitative estimate of drug-likeness (QED) is 0.893. The van der Waals surface area contributed by atoms with Gasteiger partial charge in [-0.1, -0.05) is 35.9 Å². The van der Waals surface area contributed by atoms with E-state index in [1.165, 1.54) is 0 Å². The molecule has 0 spiro atoms. The fourth-order valence-electron chi connectivity index (χ4n) is 2.16. The van der Waals surface area contributed by atoms with Crippen LogP contribution in [-0.4, -0.2) is 13.0 Å². The Morgan fingerprint density at radius 3 is 2.60 bits per heavy atom. The van der Waals surface area contributed by atoms with Crippen LogP contribution in [0.1, 0.15) is 27.0 Å². The highest BCUT2D eigenvalue weighted by Crippen LogP contribution is 2.18. The van der Waals surface area contributed by atoms with E-state index in [4.69, 9.17) is 0 Å². The average molecular weight is 268 g/mol. The van der Waals surface area contributed by atoms with Gasteiger partial charge in [0, 0.05) is 17.8 Å². The zero-order chi connectivity index (χ0) is 14.5. The van der Waals surface area contributed by atoms with Crippen molar-refractivity contribution in [1.29, 1.82) is 0 Å². The molecule has 0 aliphatic heterocycles. The van der Waals surface area contributed by atoms with E-state index in [2.05, 4.69) is 10.6 Å². The van der Waals surface area contributed by atoms with E-state index in [-0.39, 0.29) is 5.91 Å². The molecule has 0 radical (unpaired) electrons. The molecule has 3 heteroatoms. The molecular formula is C17H20N2O. The van der Waals surface area contributed by atoms with Gasteiger partial charge in [0.15, 0.2) is 0 Å². The molecule has 3 nitrogen and oxygen atoms in total. The Labute approximate surface area is 120 Å². The molecule has 0 bridgehead atoms. The summed E-state index contributed by atoms with van der Waals surface area (Å²) in [5, 5.41) is 6.11. The predicted molar refractivity (Wildman–Crippen MR) is 83.1 cm³/mol. The first-order valence-corrected chi connectivity index (χ1v) is 6.73. The smallest absolute Gasteiger partial charge is 0.255 e. The third kappa shape index (κ3) is 3.25. The molecule has 1 amide bonds. The van der Waals surface area contributed by atoms with Gasteiger partial charge in [-0.05, 0) is 44.2 Å². The first kappa shape index (κ1) is 14.3. The zero-order valence-corrected chi connectivity index (χ0v) is 12.2. The topological polar surface area (TPSA) is 41.1 Å². The van der Waals surface area contributed by atoms with Gasteiger partial charge in [0.2, 0.25) is 0 Å². The van der Waals surface area contributed by atoms with Crippen LogP contribution in [-0.2, 0) is 6.54 Å². The van der Waals surface area contributed by atoms with Crippen LogP contribution in [0.2, 0.25) is 0 Å². The number of nitrogens with one attached hydrogen (secondary N) is 2. The molecule has 2 aromatic rings. The molecule has 0 saturated heterocycles. The summed E-state index contributed by atoms with van der Waals surface area (Å²) in [4.78, 5) is 12.4. The lowest BCUT2D eigenvalue weighted by Crippen LogP contribution is -2.16. The van der Waals surface area contributed by atoms with E-state index in [0.29, 0.717) is 0 Å². The molecule has 0 aliphatic carbocycles. The maximum atomic E-state index is 12.4. The van der Waals surface area contributed by atoms with Crippen LogP contribution in [0.5, 0.6) is 0 Å². The Morgan fingerprint density at radius 1 is 1.10 bits per heavy atom. The highest BCUT2D eigenvalue weighted by molar-refractivity contribution is 6.05. The number of para-hydroxylation sites is 1. The maximum absolute atomic E-state index is 12.4. The molecular weight excluding hydrogens is 248 g/mol. The Bertz CT molecular complexity index is 620. The number of hydrogen-bond acceptors (Lipinski definition) is 2. The van der Waals surface area contributed by atoms with Crippen LogP contribution in [0.25, 0.3) is 0 Å². The fourth-order valence-corrected chi connectivity index (χ4v) is 2.16. The summed E-state index contributed by atoms with van der Waals surface area (Å²) in [5.74, 6) is -0.0604. The minimum absolute atomic E-state index is 0.0604. The predicted octanol–water partition coefficient (Wildman–Crippen LogP) is 3.28. The number of aryl methyl sites for hydroxylation is 2. The van der Waals surface area contributed by atoms with Crippen molar-refractivity contribution in [2.45, 2.75) is 20.4 Å². The van der Waals surface area contributed by atoms with Gasteiger partial charge < -0.3 is 10.6 Å². The summed E-state index contributed by atoms with van der Waals surface area (Å²) in [6.45, 7) is 4.67. The van der Waals surface area contributed by atoms with Gasteiger partial charge in [-0.15, -0.1) is 0 Å². The van der Waals surface area contributed by atoms with Crippen molar-refractivity contribution >= 4 is 11.6 Å².